The van der Waals surface area contributed by atoms with Gasteiger partial charge in [-0.15, -0.1) is 0 Å². The summed E-state index contributed by atoms with van der Waals surface area (Å²) in [6, 6.07) is 14.3. The zero-order valence-corrected chi connectivity index (χ0v) is 11.8. The molecule has 3 N–H and O–H groups in total. The number of aliphatic hydroxyl groups excluding tert-OH is 1. The van der Waals surface area contributed by atoms with E-state index in [1.165, 1.54) is 0 Å². The summed E-state index contributed by atoms with van der Waals surface area (Å²) in [5.41, 5.74) is 7.80. The average molecular weight is 296 g/mol. The Morgan fingerprint density at radius 1 is 1.05 bits per heavy atom. The molecular weight excluding hydrogens is 281 g/mol. The van der Waals surface area contributed by atoms with Crippen molar-refractivity contribution in [3.05, 3.63) is 69.7 Å². The molecule has 0 bridgehead atoms. The molecule has 100 valence electrons. The van der Waals surface area contributed by atoms with Crippen LogP contribution in [0.25, 0.3) is 0 Å². The second kappa shape index (κ2) is 6.40. The van der Waals surface area contributed by atoms with Gasteiger partial charge < -0.3 is 10.8 Å². The maximum absolute atomic E-state index is 10.2. The predicted octanol–water partition coefficient (Wildman–Crippen LogP) is 3.60. The van der Waals surface area contributed by atoms with E-state index in [1.54, 1.807) is 18.2 Å². The summed E-state index contributed by atoms with van der Waals surface area (Å²) in [6.45, 7) is 0. The third-order valence-electron chi connectivity index (χ3n) is 3.02. The van der Waals surface area contributed by atoms with Crippen LogP contribution in [0.1, 0.15) is 17.2 Å². The summed E-state index contributed by atoms with van der Waals surface area (Å²) in [5, 5.41) is 11.2. The van der Waals surface area contributed by atoms with Gasteiger partial charge in [-0.25, -0.2) is 0 Å². The van der Waals surface area contributed by atoms with Crippen molar-refractivity contribution in [1.82, 2.24) is 0 Å². The Bertz CT molecular complexity index is 545. The lowest BCUT2D eigenvalue weighted by Crippen LogP contribution is -2.28. The average Bonchev–Trinajstić information content (AvgIpc) is 2.39. The first-order chi connectivity index (χ1) is 9.08. The maximum atomic E-state index is 10.2. The first kappa shape index (κ1) is 14.4. The number of rotatable bonds is 4. The minimum absolute atomic E-state index is 0.479. The molecule has 0 radical (unpaired) electrons. The summed E-state index contributed by atoms with van der Waals surface area (Å²) < 4.78 is 0. The van der Waals surface area contributed by atoms with E-state index in [2.05, 4.69) is 0 Å². The van der Waals surface area contributed by atoms with E-state index >= 15 is 0 Å². The topological polar surface area (TPSA) is 46.2 Å². The van der Waals surface area contributed by atoms with Gasteiger partial charge in [-0.3, -0.25) is 0 Å². The molecule has 0 aliphatic carbocycles. The number of hydrogen-bond donors (Lipinski definition) is 2. The van der Waals surface area contributed by atoms with Crippen molar-refractivity contribution >= 4 is 23.2 Å². The van der Waals surface area contributed by atoms with Crippen LogP contribution in [-0.2, 0) is 6.42 Å². The first-order valence-corrected chi connectivity index (χ1v) is 6.76. The highest BCUT2D eigenvalue weighted by atomic mass is 35.5. The Morgan fingerprint density at radius 3 is 2.37 bits per heavy atom. The van der Waals surface area contributed by atoms with Crippen LogP contribution in [0.4, 0.5) is 0 Å². The first-order valence-electron chi connectivity index (χ1n) is 6.00. The summed E-state index contributed by atoms with van der Waals surface area (Å²) in [5.74, 6) is 0. The van der Waals surface area contributed by atoms with Gasteiger partial charge >= 0.3 is 0 Å². The standard InChI is InChI=1S/C15H15Cl2NO/c16-11-6-7-12(13(17)9-11)15(18)14(19)8-10-4-2-1-3-5-10/h1-7,9,14-15,19H,8,18H2/t14-,15+/m0/s1. The van der Waals surface area contributed by atoms with Gasteiger partial charge in [0.1, 0.15) is 0 Å². The smallest absolute Gasteiger partial charge is 0.0773 e. The molecule has 19 heavy (non-hydrogen) atoms. The fraction of sp³-hybridized carbons (Fsp3) is 0.200. The SMILES string of the molecule is N[C@H](c1ccc(Cl)cc1Cl)[C@@H](O)Cc1ccccc1. The van der Waals surface area contributed by atoms with Crippen molar-refractivity contribution in [3.8, 4) is 0 Å². The predicted molar refractivity (Wildman–Crippen MR) is 79.5 cm³/mol. The van der Waals surface area contributed by atoms with Gasteiger partial charge in [0.05, 0.1) is 12.1 Å². The quantitative estimate of drug-likeness (QED) is 0.905. The lowest BCUT2D eigenvalue weighted by Gasteiger charge is -2.20. The minimum Gasteiger partial charge on any atom is -0.391 e. The molecule has 0 aromatic heterocycles. The molecule has 0 spiro atoms. The maximum Gasteiger partial charge on any atom is 0.0773 e. The molecule has 0 saturated heterocycles. The Labute approximate surface area is 122 Å². The number of hydrogen-bond acceptors (Lipinski definition) is 2. The Balaban J connectivity index is 2.12. The summed E-state index contributed by atoms with van der Waals surface area (Å²) in [4.78, 5) is 0. The monoisotopic (exact) mass is 295 g/mol. The third kappa shape index (κ3) is 3.71. The van der Waals surface area contributed by atoms with Crippen molar-refractivity contribution in [1.29, 1.82) is 0 Å². The fourth-order valence-corrected chi connectivity index (χ4v) is 2.50. The molecule has 0 heterocycles. The molecule has 2 aromatic rings. The molecule has 2 nitrogen and oxygen atoms in total. The van der Waals surface area contributed by atoms with Crippen LogP contribution in [-0.4, -0.2) is 11.2 Å². The molecule has 2 aromatic carbocycles. The summed E-state index contributed by atoms with van der Waals surface area (Å²) >= 11 is 11.9. The Kier molecular flexibility index (Phi) is 4.83. The normalized spacial score (nSPS) is 14.1. The number of nitrogens with two attached hydrogens (primary N) is 1. The van der Waals surface area contributed by atoms with Crippen LogP contribution < -0.4 is 5.73 Å². The van der Waals surface area contributed by atoms with Crippen LogP contribution in [0.15, 0.2) is 48.5 Å². The molecule has 4 heteroatoms. The van der Waals surface area contributed by atoms with Crippen molar-refractivity contribution in [2.75, 3.05) is 0 Å². The van der Waals surface area contributed by atoms with Gasteiger partial charge in [0.15, 0.2) is 0 Å². The molecule has 0 saturated carbocycles. The van der Waals surface area contributed by atoms with E-state index in [4.69, 9.17) is 28.9 Å². The van der Waals surface area contributed by atoms with Crippen molar-refractivity contribution < 1.29 is 5.11 Å². The van der Waals surface area contributed by atoms with Crippen LogP contribution in [0, 0.1) is 0 Å². The van der Waals surface area contributed by atoms with E-state index < -0.39 is 12.1 Å². The lowest BCUT2D eigenvalue weighted by molar-refractivity contribution is 0.145. The van der Waals surface area contributed by atoms with Gasteiger partial charge in [-0.05, 0) is 23.3 Å². The lowest BCUT2D eigenvalue weighted by atomic mass is 9.97. The van der Waals surface area contributed by atoms with Gasteiger partial charge in [-0.1, -0.05) is 59.6 Å². The number of halogens is 2. The van der Waals surface area contributed by atoms with Crippen molar-refractivity contribution in [2.24, 2.45) is 5.73 Å². The number of benzene rings is 2. The van der Waals surface area contributed by atoms with E-state index in [0.717, 1.165) is 5.56 Å². The van der Waals surface area contributed by atoms with E-state index in [9.17, 15) is 5.11 Å². The second-order valence-corrected chi connectivity index (χ2v) is 5.29. The van der Waals surface area contributed by atoms with Crippen LogP contribution in [0.5, 0.6) is 0 Å². The van der Waals surface area contributed by atoms with Gasteiger partial charge in [0.2, 0.25) is 0 Å². The molecule has 0 aliphatic rings. The van der Waals surface area contributed by atoms with E-state index in [1.807, 2.05) is 30.3 Å². The molecule has 0 aliphatic heterocycles. The van der Waals surface area contributed by atoms with Gasteiger partial charge in [-0.2, -0.15) is 0 Å². The zero-order valence-electron chi connectivity index (χ0n) is 10.3. The summed E-state index contributed by atoms with van der Waals surface area (Å²) in [6.07, 6.45) is -0.206. The molecule has 2 atom stereocenters. The van der Waals surface area contributed by atoms with Crippen LogP contribution >= 0.6 is 23.2 Å². The van der Waals surface area contributed by atoms with Crippen LogP contribution in [0.2, 0.25) is 10.0 Å². The second-order valence-electron chi connectivity index (χ2n) is 4.45. The number of aliphatic hydroxyl groups is 1. The third-order valence-corrected chi connectivity index (χ3v) is 3.59. The van der Waals surface area contributed by atoms with Crippen molar-refractivity contribution in [2.45, 2.75) is 18.6 Å². The van der Waals surface area contributed by atoms with Crippen molar-refractivity contribution in [3.63, 3.8) is 0 Å². The highest BCUT2D eigenvalue weighted by Crippen LogP contribution is 2.27. The van der Waals surface area contributed by atoms with Gasteiger partial charge in [0.25, 0.3) is 0 Å². The summed E-state index contributed by atoms with van der Waals surface area (Å²) in [7, 11) is 0. The van der Waals surface area contributed by atoms with E-state index in [0.29, 0.717) is 22.0 Å². The fourth-order valence-electron chi connectivity index (χ4n) is 1.96. The Morgan fingerprint density at radius 2 is 1.74 bits per heavy atom. The molecule has 0 unspecified atom stereocenters. The molecule has 0 fully saturated rings. The highest BCUT2D eigenvalue weighted by molar-refractivity contribution is 6.35. The Hall–Kier alpha value is -1.06. The highest BCUT2D eigenvalue weighted by Gasteiger charge is 2.19. The minimum atomic E-state index is -0.693. The largest absolute Gasteiger partial charge is 0.391 e. The van der Waals surface area contributed by atoms with Gasteiger partial charge in [0, 0.05) is 16.5 Å². The zero-order chi connectivity index (χ0) is 13.8. The molecular formula is C15H15Cl2NO. The molecule has 0 amide bonds. The van der Waals surface area contributed by atoms with E-state index in [-0.39, 0.29) is 0 Å². The molecule has 2 rings (SSSR count). The van der Waals surface area contributed by atoms with Crippen LogP contribution in [0.3, 0.4) is 0 Å².